The Morgan fingerprint density at radius 1 is 1.13 bits per heavy atom. The van der Waals surface area contributed by atoms with E-state index in [2.05, 4.69) is 36.5 Å². The first-order chi connectivity index (χ1) is 11.0. The van der Waals surface area contributed by atoms with E-state index >= 15 is 0 Å². The fraction of sp³-hybridized carbons (Fsp3) is 0.263. The predicted molar refractivity (Wildman–Crippen MR) is 91.0 cm³/mol. The van der Waals surface area contributed by atoms with E-state index < -0.39 is 0 Å². The smallest absolute Gasteiger partial charge is 0.271 e. The molecule has 0 saturated carbocycles. The standard InChI is InChI=1S/C19H20N2O2/c1-12-10-13(2)16-4-3-5-18(17(16)11-12)20-21-19(23)14-6-8-15(22)9-7-14/h6-11,22H,3-5H2,1-2H3,(H,21,23)/b20-18-. The number of aryl methyl sites for hydroxylation is 2. The number of nitrogens with zero attached hydrogens (tertiary/aromatic N) is 1. The van der Waals surface area contributed by atoms with Crippen molar-refractivity contribution in [3.63, 3.8) is 0 Å². The molecule has 0 aromatic heterocycles. The summed E-state index contributed by atoms with van der Waals surface area (Å²) in [5, 5.41) is 13.6. The summed E-state index contributed by atoms with van der Waals surface area (Å²) in [6.07, 6.45) is 2.98. The molecule has 2 aromatic rings. The molecule has 0 aliphatic heterocycles. The number of benzene rings is 2. The second-order valence-corrected chi connectivity index (χ2v) is 6.01. The van der Waals surface area contributed by atoms with Gasteiger partial charge in [-0.05, 0) is 74.6 Å². The SMILES string of the molecule is Cc1cc(C)c2c(c1)/C(=N\NC(=O)c1ccc(O)cc1)CCC2. The fourth-order valence-corrected chi connectivity index (χ4v) is 3.07. The quantitative estimate of drug-likeness (QED) is 0.834. The topological polar surface area (TPSA) is 61.7 Å². The van der Waals surface area contributed by atoms with Crippen LogP contribution in [0.5, 0.6) is 5.75 Å². The lowest BCUT2D eigenvalue weighted by Gasteiger charge is -2.20. The van der Waals surface area contributed by atoms with Crippen molar-refractivity contribution in [1.82, 2.24) is 5.43 Å². The maximum absolute atomic E-state index is 12.1. The number of carbonyl (C=O) groups excluding carboxylic acids is 1. The lowest BCUT2D eigenvalue weighted by atomic mass is 9.86. The largest absolute Gasteiger partial charge is 0.508 e. The fourth-order valence-electron chi connectivity index (χ4n) is 3.07. The third kappa shape index (κ3) is 3.26. The Hall–Kier alpha value is -2.62. The van der Waals surface area contributed by atoms with Crippen LogP contribution in [-0.2, 0) is 6.42 Å². The molecule has 2 aromatic carbocycles. The number of amides is 1. The van der Waals surface area contributed by atoms with E-state index in [1.165, 1.54) is 28.8 Å². The number of phenols is 1. The van der Waals surface area contributed by atoms with E-state index in [9.17, 15) is 9.90 Å². The first-order valence-electron chi connectivity index (χ1n) is 7.81. The van der Waals surface area contributed by atoms with Crippen LogP contribution >= 0.6 is 0 Å². The molecule has 2 N–H and O–H groups in total. The van der Waals surface area contributed by atoms with Gasteiger partial charge in [0.2, 0.25) is 0 Å². The molecule has 0 fully saturated rings. The maximum Gasteiger partial charge on any atom is 0.271 e. The molecule has 0 bridgehead atoms. The molecule has 0 saturated heterocycles. The van der Waals surface area contributed by atoms with Crippen LogP contribution in [0.25, 0.3) is 0 Å². The zero-order chi connectivity index (χ0) is 16.4. The molecular weight excluding hydrogens is 288 g/mol. The van der Waals surface area contributed by atoms with Crippen LogP contribution in [0.2, 0.25) is 0 Å². The van der Waals surface area contributed by atoms with E-state index in [0.29, 0.717) is 5.56 Å². The second-order valence-electron chi connectivity index (χ2n) is 6.01. The van der Waals surface area contributed by atoms with Crippen molar-refractivity contribution in [2.75, 3.05) is 0 Å². The number of rotatable bonds is 2. The number of aromatic hydroxyl groups is 1. The van der Waals surface area contributed by atoms with Crippen LogP contribution in [0.1, 0.15) is 45.5 Å². The average molecular weight is 308 g/mol. The zero-order valence-electron chi connectivity index (χ0n) is 13.4. The van der Waals surface area contributed by atoms with Gasteiger partial charge in [-0.15, -0.1) is 0 Å². The van der Waals surface area contributed by atoms with Crippen LogP contribution in [0.15, 0.2) is 41.5 Å². The average Bonchev–Trinajstić information content (AvgIpc) is 2.53. The molecule has 0 spiro atoms. The minimum absolute atomic E-state index is 0.139. The third-order valence-corrected chi connectivity index (χ3v) is 4.19. The molecule has 1 amide bonds. The molecule has 1 aliphatic rings. The predicted octanol–water partition coefficient (Wildman–Crippen LogP) is 3.48. The molecule has 0 atom stereocenters. The lowest BCUT2D eigenvalue weighted by Crippen LogP contribution is -2.22. The van der Waals surface area contributed by atoms with Gasteiger partial charge in [0.05, 0.1) is 5.71 Å². The van der Waals surface area contributed by atoms with E-state index in [0.717, 1.165) is 30.5 Å². The second kappa shape index (κ2) is 6.24. The first-order valence-corrected chi connectivity index (χ1v) is 7.81. The Morgan fingerprint density at radius 2 is 1.87 bits per heavy atom. The summed E-state index contributed by atoms with van der Waals surface area (Å²) in [7, 11) is 0. The molecule has 0 heterocycles. The Labute approximate surface area is 135 Å². The van der Waals surface area contributed by atoms with Crippen molar-refractivity contribution in [3.05, 3.63) is 64.2 Å². The number of nitrogens with one attached hydrogen (secondary N) is 1. The van der Waals surface area contributed by atoms with E-state index in [4.69, 9.17) is 0 Å². The highest BCUT2D eigenvalue weighted by Crippen LogP contribution is 2.26. The monoisotopic (exact) mass is 308 g/mol. The van der Waals surface area contributed by atoms with Gasteiger partial charge >= 0.3 is 0 Å². The number of hydrazone groups is 1. The van der Waals surface area contributed by atoms with Gasteiger partial charge in [-0.1, -0.05) is 11.6 Å². The number of phenolic OH excluding ortho intramolecular Hbond substituents is 1. The van der Waals surface area contributed by atoms with Crippen molar-refractivity contribution in [3.8, 4) is 5.75 Å². The van der Waals surface area contributed by atoms with Crippen molar-refractivity contribution in [1.29, 1.82) is 0 Å². The highest BCUT2D eigenvalue weighted by molar-refractivity contribution is 6.04. The van der Waals surface area contributed by atoms with Crippen LogP contribution in [0, 0.1) is 13.8 Å². The van der Waals surface area contributed by atoms with E-state index in [-0.39, 0.29) is 11.7 Å². The molecule has 4 heteroatoms. The highest BCUT2D eigenvalue weighted by Gasteiger charge is 2.18. The van der Waals surface area contributed by atoms with Gasteiger partial charge in [0.15, 0.2) is 0 Å². The first kappa shape index (κ1) is 15.3. The van der Waals surface area contributed by atoms with Crippen molar-refractivity contribution in [2.45, 2.75) is 33.1 Å². The van der Waals surface area contributed by atoms with Crippen molar-refractivity contribution in [2.24, 2.45) is 5.10 Å². The minimum atomic E-state index is -0.269. The summed E-state index contributed by atoms with van der Waals surface area (Å²) in [5.74, 6) is -0.131. The summed E-state index contributed by atoms with van der Waals surface area (Å²) in [6.45, 7) is 4.21. The Balaban J connectivity index is 1.84. The number of carbonyl (C=O) groups is 1. The van der Waals surface area contributed by atoms with Gasteiger partial charge < -0.3 is 5.11 Å². The van der Waals surface area contributed by atoms with Gasteiger partial charge in [0.1, 0.15) is 5.75 Å². The summed E-state index contributed by atoms with van der Waals surface area (Å²) in [4.78, 5) is 12.1. The highest BCUT2D eigenvalue weighted by atomic mass is 16.3. The van der Waals surface area contributed by atoms with Crippen molar-refractivity contribution >= 4 is 11.6 Å². The zero-order valence-corrected chi connectivity index (χ0v) is 13.4. The maximum atomic E-state index is 12.1. The van der Waals surface area contributed by atoms with Crippen LogP contribution in [0.3, 0.4) is 0 Å². The summed E-state index contributed by atoms with van der Waals surface area (Å²) >= 11 is 0. The third-order valence-electron chi connectivity index (χ3n) is 4.19. The van der Waals surface area contributed by atoms with Gasteiger partial charge in [-0.3, -0.25) is 4.79 Å². The Morgan fingerprint density at radius 3 is 2.61 bits per heavy atom. The Kier molecular flexibility index (Phi) is 4.15. The van der Waals surface area contributed by atoms with Gasteiger partial charge in [-0.25, -0.2) is 5.43 Å². The molecule has 23 heavy (non-hydrogen) atoms. The molecule has 4 nitrogen and oxygen atoms in total. The minimum Gasteiger partial charge on any atom is -0.508 e. The lowest BCUT2D eigenvalue weighted by molar-refractivity contribution is 0.0954. The molecule has 0 unspecified atom stereocenters. The summed E-state index contributed by atoms with van der Waals surface area (Å²) < 4.78 is 0. The Bertz CT molecular complexity index is 777. The van der Waals surface area contributed by atoms with Gasteiger partial charge in [0, 0.05) is 11.1 Å². The van der Waals surface area contributed by atoms with E-state index in [1.54, 1.807) is 12.1 Å². The van der Waals surface area contributed by atoms with Crippen LogP contribution in [-0.4, -0.2) is 16.7 Å². The number of hydrogen-bond donors (Lipinski definition) is 2. The molecule has 3 rings (SSSR count). The molecule has 1 aliphatic carbocycles. The van der Waals surface area contributed by atoms with Crippen LogP contribution < -0.4 is 5.43 Å². The van der Waals surface area contributed by atoms with Crippen molar-refractivity contribution < 1.29 is 9.90 Å². The molecular formula is C19H20N2O2. The van der Waals surface area contributed by atoms with Crippen LogP contribution in [0.4, 0.5) is 0 Å². The van der Waals surface area contributed by atoms with Gasteiger partial charge in [0.25, 0.3) is 5.91 Å². The summed E-state index contributed by atoms with van der Waals surface area (Å²) in [6, 6.07) is 10.5. The molecule has 118 valence electrons. The summed E-state index contributed by atoms with van der Waals surface area (Å²) in [5.41, 5.74) is 9.03. The number of fused-ring (bicyclic) bond motifs is 1. The van der Waals surface area contributed by atoms with E-state index in [1.807, 2.05) is 0 Å². The number of hydrogen-bond acceptors (Lipinski definition) is 3. The van der Waals surface area contributed by atoms with Gasteiger partial charge in [-0.2, -0.15) is 5.10 Å². The molecule has 0 radical (unpaired) electrons. The normalized spacial score (nSPS) is 15.3.